The molecule has 0 spiro atoms. The Balaban J connectivity index is 2.00. The molecule has 0 aromatic heterocycles. The zero-order valence-corrected chi connectivity index (χ0v) is 10.1. The summed E-state index contributed by atoms with van der Waals surface area (Å²) in [6.45, 7) is 7.12. The van der Waals surface area contributed by atoms with Crippen LogP contribution in [-0.4, -0.2) is 43.8 Å². The maximum atomic E-state index is 5.61. The minimum absolute atomic E-state index is 0.273. The van der Waals surface area contributed by atoms with Crippen LogP contribution in [0.4, 0.5) is 0 Å². The Morgan fingerprint density at radius 3 is 2.80 bits per heavy atom. The molecule has 15 heavy (non-hydrogen) atoms. The first-order chi connectivity index (χ1) is 7.36. The average molecular weight is 214 g/mol. The van der Waals surface area contributed by atoms with Crippen LogP contribution >= 0.6 is 0 Å². The summed E-state index contributed by atoms with van der Waals surface area (Å²) in [7, 11) is 0. The van der Waals surface area contributed by atoms with Gasteiger partial charge in [0, 0.05) is 19.6 Å². The van der Waals surface area contributed by atoms with Gasteiger partial charge in [-0.15, -0.1) is 0 Å². The third-order valence-corrected chi connectivity index (χ3v) is 3.06. The van der Waals surface area contributed by atoms with Crippen LogP contribution in [0.1, 0.15) is 39.0 Å². The lowest BCUT2D eigenvalue weighted by atomic mass is 10.1. The number of rotatable bonds is 7. The Morgan fingerprint density at radius 2 is 2.07 bits per heavy atom. The van der Waals surface area contributed by atoms with E-state index in [1.54, 1.807) is 0 Å². The predicted octanol–water partition coefficient (Wildman–Crippen LogP) is 1.62. The molecule has 0 aliphatic carbocycles. The second kappa shape index (κ2) is 8.08. The molecule has 1 heterocycles. The summed E-state index contributed by atoms with van der Waals surface area (Å²) in [5.74, 6) is 0. The molecule has 1 unspecified atom stereocenters. The largest absolute Gasteiger partial charge is 0.374 e. The molecular weight excluding hydrogens is 188 g/mol. The lowest BCUT2D eigenvalue weighted by Gasteiger charge is -2.32. The lowest BCUT2D eigenvalue weighted by molar-refractivity contribution is -0.0235. The Hall–Kier alpha value is -0.120. The van der Waals surface area contributed by atoms with Gasteiger partial charge >= 0.3 is 0 Å². The highest BCUT2D eigenvalue weighted by molar-refractivity contribution is 4.71. The minimum Gasteiger partial charge on any atom is -0.374 e. The van der Waals surface area contributed by atoms with Gasteiger partial charge in [-0.1, -0.05) is 32.6 Å². The van der Waals surface area contributed by atoms with Gasteiger partial charge in [-0.2, -0.15) is 0 Å². The molecule has 1 aliphatic rings. The normalized spacial score (nSPS) is 23.2. The van der Waals surface area contributed by atoms with Gasteiger partial charge in [0.2, 0.25) is 0 Å². The van der Waals surface area contributed by atoms with Gasteiger partial charge in [-0.3, -0.25) is 4.90 Å². The Bertz CT molecular complexity index is 153. The standard InChI is InChI=1S/C12H26N2O/c1-2-3-4-5-6-7-14-8-9-15-12(10-13)11-14/h12H,2-11,13H2,1H3. The number of nitrogens with two attached hydrogens (primary N) is 1. The van der Waals surface area contributed by atoms with E-state index in [4.69, 9.17) is 10.5 Å². The van der Waals surface area contributed by atoms with E-state index >= 15 is 0 Å². The molecule has 1 aliphatic heterocycles. The number of nitrogens with zero attached hydrogens (tertiary/aromatic N) is 1. The summed E-state index contributed by atoms with van der Waals surface area (Å²) in [6.07, 6.45) is 7.08. The number of morpholine rings is 1. The summed E-state index contributed by atoms with van der Waals surface area (Å²) in [6, 6.07) is 0. The van der Waals surface area contributed by atoms with Gasteiger partial charge in [-0.05, 0) is 13.0 Å². The van der Waals surface area contributed by atoms with Crippen LogP contribution < -0.4 is 5.73 Å². The molecule has 0 aromatic carbocycles. The molecule has 0 bridgehead atoms. The van der Waals surface area contributed by atoms with Crippen molar-refractivity contribution >= 4 is 0 Å². The first kappa shape index (κ1) is 12.9. The van der Waals surface area contributed by atoms with Gasteiger partial charge in [0.25, 0.3) is 0 Å². The van der Waals surface area contributed by atoms with Crippen molar-refractivity contribution in [2.45, 2.75) is 45.1 Å². The zero-order chi connectivity index (χ0) is 10.9. The molecular formula is C12H26N2O. The van der Waals surface area contributed by atoms with Gasteiger partial charge in [-0.25, -0.2) is 0 Å². The van der Waals surface area contributed by atoms with E-state index in [0.29, 0.717) is 6.54 Å². The highest BCUT2D eigenvalue weighted by Gasteiger charge is 2.18. The molecule has 0 radical (unpaired) electrons. The monoisotopic (exact) mass is 214 g/mol. The summed E-state index contributed by atoms with van der Waals surface area (Å²) in [4.78, 5) is 2.49. The highest BCUT2D eigenvalue weighted by Crippen LogP contribution is 2.07. The molecule has 2 N–H and O–H groups in total. The topological polar surface area (TPSA) is 38.5 Å². The Kier molecular flexibility index (Phi) is 6.98. The van der Waals surface area contributed by atoms with Crippen molar-refractivity contribution in [3.8, 4) is 0 Å². The lowest BCUT2D eigenvalue weighted by Crippen LogP contribution is -2.45. The number of unbranched alkanes of at least 4 members (excludes halogenated alkanes) is 4. The number of hydrogen-bond donors (Lipinski definition) is 1. The Labute approximate surface area is 94.0 Å². The molecule has 0 saturated carbocycles. The van der Waals surface area contributed by atoms with E-state index in [2.05, 4.69) is 11.8 Å². The fraction of sp³-hybridized carbons (Fsp3) is 1.00. The van der Waals surface area contributed by atoms with Crippen molar-refractivity contribution in [1.82, 2.24) is 4.90 Å². The van der Waals surface area contributed by atoms with E-state index in [0.717, 1.165) is 19.7 Å². The van der Waals surface area contributed by atoms with Crippen molar-refractivity contribution in [2.75, 3.05) is 32.8 Å². The van der Waals surface area contributed by atoms with Crippen molar-refractivity contribution in [2.24, 2.45) is 5.73 Å². The average Bonchev–Trinajstić information content (AvgIpc) is 2.29. The zero-order valence-electron chi connectivity index (χ0n) is 10.1. The fourth-order valence-corrected chi connectivity index (χ4v) is 2.07. The number of ether oxygens (including phenoxy) is 1. The fourth-order valence-electron chi connectivity index (χ4n) is 2.07. The molecule has 1 saturated heterocycles. The van der Waals surface area contributed by atoms with Crippen molar-refractivity contribution in [1.29, 1.82) is 0 Å². The maximum absolute atomic E-state index is 5.61. The molecule has 1 rings (SSSR count). The molecule has 3 heteroatoms. The molecule has 1 fully saturated rings. The molecule has 90 valence electrons. The van der Waals surface area contributed by atoms with Gasteiger partial charge < -0.3 is 10.5 Å². The minimum atomic E-state index is 0.273. The number of hydrogen-bond acceptors (Lipinski definition) is 3. The van der Waals surface area contributed by atoms with Crippen LogP contribution in [-0.2, 0) is 4.74 Å². The predicted molar refractivity (Wildman–Crippen MR) is 64.0 cm³/mol. The van der Waals surface area contributed by atoms with Gasteiger partial charge in [0.1, 0.15) is 0 Å². The van der Waals surface area contributed by atoms with Crippen molar-refractivity contribution < 1.29 is 4.74 Å². The summed E-state index contributed by atoms with van der Waals surface area (Å²) < 4.78 is 5.54. The highest BCUT2D eigenvalue weighted by atomic mass is 16.5. The van der Waals surface area contributed by atoms with Crippen LogP contribution in [0.2, 0.25) is 0 Å². The smallest absolute Gasteiger partial charge is 0.0824 e. The van der Waals surface area contributed by atoms with Crippen LogP contribution in [0, 0.1) is 0 Å². The molecule has 0 amide bonds. The second-order valence-corrected chi connectivity index (χ2v) is 4.44. The second-order valence-electron chi connectivity index (χ2n) is 4.44. The van der Waals surface area contributed by atoms with E-state index in [9.17, 15) is 0 Å². The van der Waals surface area contributed by atoms with E-state index in [-0.39, 0.29) is 6.10 Å². The SMILES string of the molecule is CCCCCCCN1CCOC(CN)C1. The summed E-state index contributed by atoms with van der Waals surface area (Å²) >= 11 is 0. The van der Waals surface area contributed by atoms with Crippen LogP contribution in [0.15, 0.2) is 0 Å². The van der Waals surface area contributed by atoms with Crippen LogP contribution in [0.3, 0.4) is 0 Å². The van der Waals surface area contributed by atoms with Crippen molar-refractivity contribution in [3.63, 3.8) is 0 Å². The first-order valence-electron chi connectivity index (χ1n) is 6.40. The first-order valence-corrected chi connectivity index (χ1v) is 6.40. The Morgan fingerprint density at radius 1 is 1.27 bits per heavy atom. The third-order valence-electron chi connectivity index (χ3n) is 3.06. The van der Waals surface area contributed by atoms with Gasteiger partial charge in [0.15, 0.2) is 0 Å². The third kappa shape index (κ3) is 5.50. The van der Waals surface area contributed by atoms with Gasteiger partial charge in [0.05, 0.1) is 12.7 Å². The van der Waals surface area contributed by atoms with E-state index in [1.165, 1.54) is 38.6 Å². The quantitative estimate of drug-likeness (QED) is 0.654. The van der Waals surface area contributed by atoms with Crippen molar-refractivity contribution in [3.05, 3.63) is 0 Å². The molecule has 1 atom stereocenters. The van der Waals surface area contributed by atoms with E-state index in [1.807, 2.05) is 0 Å². The van der Waals surface area contributed by atoms with Crippen LogP contribution in [0.5, 0.6) is 0 Å². The summed E-state index contributed by atoms with van der Waals surface area (Å²) in [5, 5.41) is 0. The molecule has 3 nitrogen and oxygen atoms in total. The summed E-state index contributed by atoms with van der Waals surface area (Å²) in [5.41, 5.74) is 5.61. The van der Waals surface area contributed by atoms with Crippen LogP contribution in [0.25, 0.3) is 0 Å². The maximum Gasteiger partial charge on any atom is 0.0824 e. The molecule has 0 aromatic rings. The van der Waals surface area contributed by atoms with E-state index < -0.39 is 0 Å².